The molecule has 0 aromatic carbocycles. The summed E-state index contributed by atoms with van der Waals surface area (Å²) in [6.07, 6.45) is -1.87. The molecule has 13 heavy (non-hydrogen) atoms. The van der Waals surface area contributed by atoms with Crippen molar-refractivity contribution >= 4 is 6.21 Å². The molecule has 68 valence electrons. The molecule has 1 aromatic rings. The van der Waals surface area contributed by atoms with Gasteiger partial charge < -0.3 is 0 Å². The maximum absolute atomic E-state index is 12.1. The third kappa shape index (κ3) is 1.39. The fraction of sp³-hybridized carbons (Fsp3) is 0.286. The molecule has 0 fully saturated rings. The van der Waals surface area contributed by atoms with Gasteiger partial charge in [-0.25, -0.2) is 9.97 Å². The van der Waals surface area contributed by atoms with Crippen LogP contribution in [-0.4, -0.2) is 16.2 Å². The van der Waals surface area contributed by atoms with Gasteiger partial charge in [-0.05, 0) is 0 Å². The highest BCUT2D eigenvalue weighted by Crippen LogP contribution is 2.26. The molecule has 1 aromatic heterocycles. The van der Waals surface area contributed by atoms with E-state index >= 15 is 0 Å². The minimum atomic E-state index is -4.47. The molecule has 0 aliphatic carbocycles. The molecule has 0 saturated carbocycles. The Labute approximate surface area is 71.4 Å². The van der Waals surface area contributed by atoms with Crippen LogP contribution >= 0.6 is 0 Å². The average molecular weight is 187 g/mol. The van der Waals surface area contributed by atoms with Gasteiger partial charge in [-0.1, -0.05) is 0 Å². The number of nitrogens with zero attached hydrogens (tertiary/aromatic N) is 3. The zero-order chi connectivity index (χ0) is 9.47. The first-order chi connectivity index (χ1) is 6.07. The lowest BCUT2D eigenvalue weighted by Crippen LogP contribution is -2.12. The fourth-order valence-corrected chi connectivity index (χ4v) is 1.03. The van der Waals surface area contributed by atoms with Crippen LogP contribution in [0.4, 0.5) is 13.2 Å². The lowest BCUT2D eigenvalue weighted by Gasteiger charge is -2.04. The number of halogens is 3. The highest BCUT2D eigenvalue weighted by Gasteiger charge is 2.35. The van der Waals surface area contributed by atoms with Gasteiger partial charge in [-0.15, -0.1) is 0 Å². The number of hydrogen-bond donors (Lipinski definition) is 0. The van der Waals surface area contributed by atoms with E-state index in [9.17, 15) is 13.2 Å². The minimum absolute atomic E-state index is 0.209. The lowest BCUT2D eigenvalue weighted by molar-refractivity contribution is -0.145. The Morgan fingerprint density at radius 2 is 2.08 bits per heavy atom. The van der Waals surface area contributed by atoms with Crippen LogP contribution < -0.4 is 0 Å². The smallest absolute Gasteiger partial charge is 0.286 e. The molecule has 0 atom stereocenters. The number of aliphatic imine (C=N–C) groups is 1. The lowest BCUT2D eigenvalue weighted by atomic mass is 10.3. The molecule has 0 unspecified atom stereocenters. The van der Waals surface area contributed by atoms with Crippen molar-refractivity contribution in [1.82, 2.24) is 9.97 Å². The Hall–Kier alpha value is -1.46. The van der Waals surface area contributed by atoms with E-state index in [1.54, 1.807) is 0 Å². The van der Waals surface area contributed by atoms with Gasteiger partial charge >= 0.3 is 6.18 Å². The van der Waals surface area contributed by atoms with Gasteiger partial charge in [-0.2, -0.15) is 13.2 Å². The van der Waals surface area contributed by atoms with Gasteiger partial charge in [-0.3, -0.25) is 4.99 Å². The number of rotatable bonds is 0. The summed E-state index contributed by atoms with van der Waals surface area (Å²) >= 11 is 0. The van der Waals surface area contributed by atoms with Crippen molar-refractivity contribution in [3.8, 4) is 0 Å². The molecule has 0 bridgehead atoms. The first-order valence-electron chi connectivity index (χ1n) is 3.50. The number of alkyl halides is 3. The van der Waals surface area contributed by atoms with Crippen molar-refractivity contribution in [2.75, 3.05) is 0 Å². The second kappa shape index (κ2) is 2.51. The summed E-state index contributed by atoms with van der Waals surface area (Å²) in [6.45, 7) is 0.209. The van der Waals surface area contributed by atoms with Gasteiger partial charge in [0.2, 0.25) is 5.82 Å². The molecule has 0 amide bonds. The Morgan fingerprint density at radius 3 is 2.77 bits per heavy atom. The van der Waals surface area contributed by atoms with Crippen LogP contribution in [-0.2, 0) is 12.7 Å². The zero-order valence-corrected chi connectivity index (χ0v) is 6.34. The van der Waals surface area contributed by atoms with E-state index in [2.05, 4.69) is 15.0 Å². The van der Waals surface area contributed by atoms with Gasteiger partial charge in [0.15, 0.2) is 0 Å². The topological polar surface area (TPSA) is 38.1 Å². The van der Waals surface area contributed by atoms with Crippen LogP contribution in [0.1, 0.15) is 17.1 Å². The Kier molecular flexibility index (Phi) is 1.58. The first-order valence-corrected chi connectivity index (χ1v) is 3.50. The van der Waals surface area contributed by atoms with Crippen molar-refractivity contribution in [2.45, 2.75) is 12.7 Å². The van der Waals surface area contributed by atoms with Gasteiger partial charge in [0, 0.05) is 18.0 Å². The first kappa shape index (κ1) is 8.15. The van der Waals surface area contributed by atoms with Crippen molar-refractivity contribution in [2.24, 2.45) is 4.99 Å². The third-order valence-electron chi connectivity index (χ3n) is 1.62. The summed E-state index contributed by atoms with van der Waals surface area (Å²) in [5.41, 5.74) is 0.898. The quantitative estimate of drug-likeness (QED) is 0.616. The molecular formula is C7H4F3N3. The molecule has 3 nitrogen and oxygen atoms in total. The molecule has 0 N–H and O–H groups in total. The van der Waals surface area contributed by atoms with Crippen molar-refractivity contribution < 1.29 is 13.2 Å². The van der Waals surface area contributed by atoms with E-state index in [0.29, 0.717) is 11.3 Å². The van der Waals surface area contributed by atoms with E-state index in [-0.39, 0.29) is 6.54 Å². The van der Waals surface area contributed by atoms with E-state index in [1.165, 1.54) is 6.21 Å². The van der Waals surface area contributed by atoms with E-state index in [0.717, 1.165) is 6.20 Å². The van der Waals surface area contributed by atoms with Gasteiger partial charge in [0.25, 0.3) is 0 Å². The Bertz CT molecular complexity index is 370. The molecule has 6 heteroatoms. The maximum Gasteiger partial charge on any atom is 0.451 e. The Balaban J connectivity index is 2.45. The van der Waals surface area contributed by atoms with Gasteiger partial charge in [0.1, 0.15) is 0 Å². The van der Waals surface area contributed by atoms with E-state index in [1.807, 2.05) is 0 Å². The molecule has 1 aliphatic rings. The highest BCUT2D eigenvalue weighted by molar-refractivity contribution is 5.82. The average Bonchev–Trinajstić information content (AvgIpc) is 2.47. The van der Waals surface area contributed by atoms with E-state index in [4.69, 9.17) is 0 Å². The van der Waals surface area contributed by atoms with Crippen LogP contribution in [0, 0.1) is 0 Å². The summed E-state index contributed by atoms with van der Waals surface area (Å²) in [7, 11) is 0. The molecule has 0 saturated heterocycles. The standard InChI is InChI=1S/C7H4F3N3/c8-7(9,10)6-12-2-4-1-11-3-5(4)13-6/h1-2H,3H2. The predicted octanol–water partition coefficient (Wildman–Crippen LogP) is 1.43. The minimum Gasteiger partial charge on any atom is -0.286 e. The third-order valence-corrected chi connectivity index (χ3v) is 1.62. The summed E-state index contributed by atoms with van der Waals surface area (Å²) in [6, 6.07) is 0. The molecular weight excluding hydrogens is 183 g/mol. The highest BCUT2D eigenvalue weighted by atomic mass is 19.4. The van der Waals surface area contributed by atoms with Crippen LogP contribution in [0.2, 0.25) is 0 Å². The summed E-state index contributed by atoms with van der Waals surface area (Å²) in [5.74, 6) is -1.10. The molecule has 1 aliphatic heterocycles. The molecule has 2 rings (SSSR count). The largest absolute Gasteiger partial charge is 0.451 e. The molecule has 0 radical (unpaired) electrons. The van der Waals surface area contributed by atoms with Crippen LogP contribution in [0.5, 0.6) is 0 Å². The fourth-order valence-electron chi connectivity index (χ4n) is 1.03. The predicted molar refractivity (Wildman–Crippen MR) is 38.3 cm³/mol. The monoisotopic (exact) mass is 187 g/mol. The van der Waals surface area contributed by atoms with E-state index < -0.39 is 12.0 Å². The second-order valence-corrected chi connectivity index (χ2v) is 2.56. The zero-order valence-electron chi connectivity index (χ0n) is 6.34. The maximum atomic E-state index is 12.1. The number of hydrogen-bond acceptors (Lipinski definition) is 3. The van der Waals surface area contributed by atoms with Gasteiger partial charge in [0.05, 0.1) is 12.2 Å². The summed E-state index contributed by atoms with van der Waals surface area (Å²) in [4.78, 5) is 10.3. The van der Waals surface area contributed by atoms with Crippen LogP contribution in [0.25, 0.3) is 0 Å². The summed E-state index contributed by atoms with van der Waals surface area (Å²) < 4.78 is 36.3. The SMILES string of the molecule is FC(F)(F)c1ncc2c(n1)CN=C2. The second-order valence-electron chi connectivity index (χ2n) is 2.56. The Morgan fingerprint density at radius 1 is 1.31 bits per heavy atom. The normalized spacial score (nSPS) is 14.7. The van der Waals surface area contributed by atoms with Crippen molar-refractivity contribution in [3.05, 3.63) is 23.3 Å². The van der Waals surface area contributed by atoms with Crippen molar-refractivity contribution in [3.63, 3.8) is 0 Å². The number of fused-ring (bicyclic) bond motifs is 1. The van der Waals surface area contributed by atoms with Crippen molar-refractivity contribution in [1.29, 1.82) is 0 Å². The molecule has 0 spiro atoms. The van der Waals surface area contributed by atoms with Crippen LogP contribution in [0.15, 0.2) is 11.2 Å². The number of aromatic nitrogens is 2. The van der Waals surface area contributed by atoms with Crippen LogP contribution in [0.3, 0.4) is 0 Å². The molecule has 2 heterocycles. The summed E-state index contributed by atoms with van der Waals surface area (Å²) in [5, 5.41) is 0.